The molecule has 0 radical (unpaired) electrons. The van der Waals surface area contributed by atoms with Crippen LogP contribution in [0.2, 0.25) is 0 Å². The minimum absolute atomic E-state index is 0. The largest absolute Gasteiger partial charge is 0.369 e. The Balaban J connectivity index is 0.00000192. The molecule has 4 N–H and O–H groups in total. The first-order chi connectivity index (χ1) is 10.5. The van der Waals surface area contributed by atoms with Crippen LogP contribution in [0.1, 0.15) is 38.9 Å². The van der Waals surface area contributed by atoms with E-state index in [-0.39, 0.29) is 18.4 Å². The molecule has 0 saturated heterocycles. The maximum Gasteiger partial charge on any atom is 0.206 e. The molecular weight excluding hydrogens is 330 g/mol. The SMILES string of the molecule is Cc1ccc(C2C/C(=N/NC(=N)N)c3c(C)ccnc3C2)s1.Cl. The zero-order valence-corrected chi connectivity index (χ0v) is 14.7. The van der Waals surface area contributed by atoms with Gasteiger partial charge < -0.3 is 5.73 Å². The predicted molar refractivity (Wildman–Crippen MR) is 97.9 cm³/mol. The molecule has 2 aromatic rings. The lowest BCUT2D eigenvalue weighted by Gasteiger charge is -2.25. The van der Waals surface area contributed by atoms with E-state index < -0.39 is 0 Å². The molecule has 0 aromatic carbocycles. The van der Waals surface area contributed by atoms with Crippen LogP contribution in [0.4, 0.5) is 0 Å². The average molecular weight is 350 g/mol. The lowest BCUT2D eigenvalue weighted by Crippen LogP contribution is -2.29. The second kappa shape index (κ2) is 7.10. The van der Waals surface area contributed by atoms with E-state index in [9.17, 15) is 0 Å². The summed E-state index contributed by atoms with van der Waals surface area (Å²) in [7, 11) is 0. The highest BCUT2D eigenvalue weighted by Gasteiger charge is 2.28. The van der Waals surface area contributed by atoms with Crippen LogP contribution in [0.5, 0.6) is 0 Å². The van der Waals surface area contributed by atoms with Gasteiger partial charge in [-0.3, -0.25) is 10.4 Å². The van der Waals surface area contributed by atoms with Crippen LogP contribution in [-0.4, -0.2) is 16.7 Å². The van der Waals surface area contributed by atoms with Crippen molar-refractivity contribution in [2.24, 2.45) is 10.8 Å². The maximum atomic E-state index is 7.31. The zero-order valence-electron chi connectivity index (χ0n) is 13.1. The lowest BCUT2D eigenvalue weighted by molar-refractivity contribution is 0.686. The van der Waals surface area contributed by atoms with Gasteiger partial charge in [-0.05, 0) is 44.0 Å². The van der Waals surface area contributed by atoms with Gasteiger partial charge in [-0.25, -0.2) is 5.43 Å². The van der Waals surface area contributed by atoms with E-state index >= 15 is 0 Å². The van der Waals surface area contributed by atoms with Crippen LogP contribution in [-0.2, 0) is 6.42 Å². The van der Waals surface area contributed by atoms with Crippen LogP contribution in [0.15, 0.2) is 29.5 Å². The maximum absolute atomic E-state index is 7.31. The molecule has 5 nitrogen and oxygen atoms in total. The van der Waals surface area contributed by atoms with Crippen LogP contribution in [0.25, 0.3) is 0 Å². The number of aromatic nitrogens is 1. The molecule has 122 valence electrons. The van der Waals surface area contributed by atoms with Crippen molar-refractivity contribution in [3.05, 3.63) is 51.0 Å². The van der Waals surface area contributed by atoms with Crippen molar-refractivity contribution < 1.29 is 0 Å². The van der Waals surface area contributed by atoms with Crippen LogP contribution < -0.4 is 11.2 Å². The first-order valence-corrected chi connectivity index (χ1v) is 8.04. The van der Waals surface area contributed by atoms with Crippen molar-refractivity contribution in [3.8, 4) is 0 Å². The number of nitrogens with two attached hydrogens (primary N) is 1. The minimum atomic E-state index is -0.148. The number of rotatable bonds is 2. The zero-order chi connectivity index (χ0) is 15.7. The van der Waals surface area contributed by atoms with E-state index in [0.29, 0.717) is 5.92 Å². The smallest absolute Gasteiger partial charge is 0.206 e. The Kier molecular flexibility index (Phi) is 5.38. The third-order valence-corrected chi connectivity index (χ3v) is 5.04. The van der Waals surface area contributed by atoms with Gasteiger partial charge in [0, 0.05) is 33.9 Å². The summed E-state index contributed by atoms with van der Waals surface area (Å²) in [6.45, 7) is 4.19. The van der Waals surface area contributed by atoms with Crippen LogP contribution in [0.3, 0.4) is 0 Å². The fraction of sp³-hybridized carbons (Fsp3) is 0.312. The molecule has 0 bridgehead atoms. The van der Waals surface area contributed by atoms with Crippen molar-refractivity contribution >= 4 is 35.4 Å². The van der Waals surface area contributed by atoms with E-state index in [2.05, 4.69) is 41.5 Å². The number of thiophene rings is 1. The van der Waals surface area contributed by atoms with Gasteiger partial charge in [0.15, 0.2) is 0 Å². The molecule has 1 unspecified atom stereocenters. The third-order valence-electron chi connectivity index (χ3n) is 3.88. The van der Waals surface area contributed by atoms with Gasteiger partial charge >= 0.3 is 0 Å². The first-order valence-electron chi connectivity index (χ1n) is 7.22. The summed E-state index contributed by atoms with van der Waals surface area (Å²) in [6.07, 6.45) is 3.61. The van der Waals surface area contributed by atoms with Crippen molar-refractivity contribution in [3.63, 3.8) is 0 Å². The molecule has 7 heteroatoms. The summed E-state index contributed by atoms with van der Waals surface area (Å²) in [6, 6.07) is 6.35. The van der Waals surface area contributed by atoms with Crippen molar-refractivity contribution in [2.75, 3.05) is 0 Å². The molecule has 1 aliphatic rings. The summed E-state index contributed by atoms with van der Waals surface area (Å²) in [5.74, 6) is 0.234. The second-order valence-electron chi connectivity index (χ2n) is 5.59. The number of fused-ring (bicyclic) bond motifs is 1. The molecule has 0 aliphatic heterocycles. The number of nitrogens with zero attached hydrogens (tertiary/aromatic N) is 2. The van der Waals surface area contributed by atoms with Crippen molar-refractivity contribution in [1.29, 1.82) is 5.41 Å². The molecule has 3 rings (SSSR count). The van der Waals surface area contributed by atoms with Gasteiger partial charge in [-0.1, -0.05) is 0 Å². The molecule has 1 aliphatic carbocycles. The fourth-order valence-electron chi connectivity index (χ4n) is 2.91. The highest BCUT2D eigenvalue weighted by molar-refractivity contribution is 7.12. The average Bonchev–Trinajstić information content (AvgIpc) is 2.91. The topological polar surface area (TPSA) is 87.2 Å². The molecule has 23 heavy (non-hydrogen) atoms. The summed E-state index contributed by atoms with van der Waals surface area (Å²) >= 11 is 1.83. The molecular formula is C16H20ClN5S. The molecule has 0 saturated carbocycles. The fourth-order valence-corrected chi connectivity index (χ4v) is 3.89. The van der Waals surface area contributed by atoms with Crippen molar-refractivity contribution in [1.82, 2.24) is 10.4 Å². The number of hydrogen-bond donors (Lipinski definition) is 3. The number of halogens is 1. The van der Waals surface area contributed by atoms with Crippen molar-refractivity contribution in [2.45, 2.75) is 32.6 Å². The second-order valence-corrected chi connectivity index (χ2v) is 6.91. The van der Waals surface area contributed by atoms with E-state index in [1.165, 1.54) is 9.75 Å². The predicted octanol–water partition coefficient (Wildman–Crippen LogP) is 3.10. The molecule has 1 atom stereocenters. The molecule has 0 amide bonds. The van der Waals surface area contributed by atoms with E-state index in [4.69, 9.17) is 11.1 Å². The molecule has 2 heterocycles. The Morgan fingerprint density at radius 1 is 1.35 bits per heavy atom. The summed E-state index contributed by atoms with van der Waals surface area (Å²) in [5.41, 5.74) is 12.2. The van der Waals surface area contributed by atoms with E-state index in [0.717, 1.165) is 35.4 Å². The quantitative estimate of drug-likeness (QED) is 0.442. The number of aryl methyl sites for hydroxylation is 2. The van der Waals surface area contributed by atoms with Gasteiger partial charge in [0.25, 0.3) is 0 Å². The third kappa shape index (κ3) is 3.71. The Morgan fingerprint density at radius 2 is 2.13 bits per heavy atom. The van der Waals surface area contributed by atoms with Gasteiger partial charge in [0.2, 0.25) is 5.96 Å². The molecule has 0 fully saturated rings. The van der Waals surface area contributed by atoms with Gasteiger partial charge in [0.05, 0.1) is 11.4 Å². The highest BCUT2D eigenvalue weighted by atomic mass is 35.5. The summed E-state index contributed by atoms with van der Waals surface area (Å²) in [5, 5.41) is 11.7. The highest BCUT2D eigenvalue weighted by Crippen LogP contribution is 2.36. The number of hydrazone groups is 1. The Morgan fingerprint density at radius 3 is 2.78 bits per heavy atom. The lowest BCUT2D eigenvalue weighted by atomic mass is 9.83. The van der Waals surface area contributed by atoms with Crippen LogP contribution >= 0.6 is 23.7 Å². The molecule has 2 aromatic heterocycles. The van der Waals surface area contributed by atoms with Gasteiger partial charge in [-0.15, -0.1) is 23.7 Å². The Hall–Kier alpha value is -1.92. The van der Waals surface area contributed by atoms with Gasteiger partial charge in [-0.2, -0.15) is 5.10 Å². The molecule has 0 spiro atoms. The minimum Gasteiger partial charge on any atom is -0.369 e. The standard InChI is InChI=1S/C16H19N5S.ClH/c1-9-5-6-19-12-7-11(14-4-3-10(2)22-14)8-13(15(9)12)20-21-16(17)18;/h3-6,11H,7-8H2,1-2H3,(H4,17,18,21);1H/b20-13-;. The first kappa shape index (κ1) is 17.4. The monoisotopic (exact) mass is 349 g/mol. The van der Waals surface area contributed by atoms with E-state index in [1.807, 2.05) is 23.6 Å². The van der Waals surface area contributed by atoms with E-state index in [1.54, 1.807) is 0 Å². The summed E-state index contributed by atoms with van der Waals surface area (Å²) in [4.78, 5) is 7.23. The number of guanidine groups is 1. The Labute approximate surface area is 145 Å². The normalized spacial score (nSPS) is 18.2. The van der Waals surface area contributed by atoms with Gasteiger partial charge in [0.1, 0.15) is 0 Å². The Bertz CT molecular complexity index is 753. The summed E-state index contributed by atoms with van der Waals surface area (Å²) < 4.78 is 0. The number of pyridine rings is 1. The van der Waals surface area contributed by atoms with Crippen LogP contribution in [0, 0.1) is 19.3 Å². The number of hydrogen-bond acceptors (Lipinski definition) is 4. The number of nitrogens with one attached hydrogen (secondary N) is 2.